The van der Waals surface area contributed by atoms with Crippen molar-refractivity contribution in [1.29, 1.82) is 0 Å². The van der Waals surface area contributed by atoms with Crippen molar-refractivity contribution < 1.29 is 17.9 Å². The molecule has 0 unspecified atom stereocenters. The molecule has 1 N–H and O–H groups in total. The van der Waals surface area contributed by atoms with E-state index in [0.29, 0.717) is 30.3 Å². The van der Waals surface area contributed by atoms with E-state index < -0.39 is 16.1 Å². The fraction of sp³-hybridized carbons (Fsp3) is 0.368. The maximum Gasteiger partial charge on any atom is 0.243 e. The average molecular weight is 424 g/mol. The lowest BCUT2D eigenvalue weighted by Gasteiger charge is -2.28. The molecule has 1 aromatic carbocycles. The highest BCUT2D eigenvalue weighted by Crippen LogP contribution is 2.24. The molecule has 0 saturated carbocycles. The lowest BCUT2D eigenvalue weighted by Crippen LogP contribution is -2.48. The molecule has 0 aliphatic carbocycles. The van der Waals surface area contributed by atoms with Crippen molar-refractivity contribution in [3.8, 4) is 5.75 Å². The van der Waals surface area contributed by atoms with E-state index in [1.165, 1.54) is 11.8 Å². The topological polar surface area (TPSA) is 88.6 Å². The molecule has 0 saturated heterocycles. The number of pyridine rings is 1. The molecule has 28 heavy (non-hydrogen) atoms. The monoisotopic (exact) mass is 423 g/mol. The van der Waals surface area contributed by atoms with E-state index in [0.717, 1.165) is 15.6 Å². The van der Waals surface area contributed by atoms with Gasteiger partial charge in [-0.25, -0.2) is 13.4 Å². The van der Waals surface area contributed by atoms with E-state index in [2.05, 4.69) is 10.3 Å². The van der Waals surface area contributed by atoms with Crippen LogP contribution in [0.4, 0.5) is 5.69 Å². The summed E-state index contributed by atoms with van der Waals surface area (Å²) in [5.74, 6) is 0.918. The number of hydrogen-bond acceptors (Lipinski definition) is 6. The van der Waals surface area contributed by atoms with Crippen LogP contribution in [0, 0.1) is 0 Å². The van der Waals surface area contributed by atoms with Crippen molar-refractivity contribution in [1.82, 2.24) is 10.3 Å². The summed E-state index contributed by atoms with van der Waals surface area (Å²) in [7, 11) is -3.64. The third-order valence-electron chi connectivity index (χ3n) is 3.78. The van der Waals surface area contributed by atoms with Crippen LogP contribution in [0.15, 0.2) is 53.7 Å². The average Bonchev–Trinajstić information content (AvgIpc) is 2.66. The summed E-state index contributed by atoms with van der Waals surface area (Å²) in [6.07, 6.45) is 2.80. The summed E-state index contributed by atoms with van der Waals surface area (Å²) in [5, 5.41) is 3.66. The number of aromatic nitrogens is 1. The smallest absolute Gasteiger partial charge is 0.243 e. The van der Waals surface area contributed by atoms with Gasteiger partial charge in [0.15, 0.2) is 0 Å². The third-order valence-corrected chi connectivity index (χ3v) is 5.97. The minimum absolute atomic E-state index is 0.360. The van der Waals surface area contributed by atoms with Crippen LogP contribution in [0.25, 0.3) is 0 Å². The van der Waals surface area contributed by atoms with Gasteiger partial charge in [0.05, 0.1) is 23.6 Å². The summed E-state index contributed by atoms with van der Waals surface area (Å²) in [5.41, 5.74) is 0.413. The Labute approximate surface area is 170 Å². The number of ether oxygens (including phenoxy) is 1. The van der Waals surface area contributed by atoms with Crippen molar-refractivity contribution in [2.75, 3.05) is 29.5 Å². The van der Waals surface area contributed by atoms with Gasteiger partial charge in [0, 0.05) is 18.5 Å². The van der Waals surface area contributed by atoms with E-state index in [1.807, 2.05) is 25.1 Å². The van der Waals surface area contributed by atoms with E-state index >= 15 is 0 Å². The zero-order chi connectivity index (χ0) is 20.6. The molecule has 0 bridgehead atoms. The Balaban J connectivity index is 1.99. The standard InChI is InChI=1S/C19H25N3O4S2/c1-4-26-17-10-8-16(9-11-17)22(28(3,24)25)15(2)19(23)21-13-14-27-18-7-5-6-12-20-18/h5-12,15H,4,13-14H2,1-3H3,(H,21,23)/t15-/m0/s1. The van der Waals surface area contributed by atoms with Crippen LogP contribution in [0.2, 0.25) is 0 Å². The number of sulfonamides is 1. The van der Waals surface area contributed by atoms with Gasteiger partial charge in [0.2, 0.25) is 15.9 Å². The number of anilines is 1. The Morgan fingerprint density at radius 3 is 2.54 bits per heavy atom. The molecule has 0 aliphatic heterocycles. The van der Waals surface area contributed by atoms with Gasteiger partial charge in [-0.2, -0.15) is 0 Å². The Kier molecular flexibility index (Phi) is 8.13. The van der Waals surface area contributed by atoms with Gasteiger partial charge in [0.1, 0.15) is 11.8 Å². The second kappa shape index (κ2) is 10.3. The number of hydrogen-bond donors (Lipinski definition) is 1. The Bertz CT molecular complexity index is 859. The van der Waals surface area contributed by atoms with E-state index in [1.54, 1.807) is 37.4 Å². The quantitative estimate of drug-likeness (QED) is 0.467. The fourth-order valence-corrected chi connectivity index (χ4v) is 4.47. The van der Waals surface area contributed by atoms with Gasteiger partial charge in [0.25, 0.3) is 0 Å². The van der Waals surface area contributed by atoms with Gasteiger partial charge in [-0.05, 0) is 50.2 Å². The van der Waals surface area contributed by atoms with E-state index in [4.69, 9.17) is 4.74 Å². The van der Waals surface area contributed by atoms with Crippen molar-refractivity contribution in [2.45, 2.75) is 24.9 Å². The first kappa shape index (κ1) is 22.0. The molecule has 0 fully saturated rings. The molecule has 0 aliphatic rings. The molecule has 2 rings (SSSR count). The van der Waals surface area contributed by atoms with Crippen LogP contribution in [-0.4, -0.2) is 50.5 Å². The SMILES string of the molecule is CCOc1ccc(N([C@@H](C)C(=O)NCCSc2ccccn2)S(C)(=O)=O)cc1. The van der Waals surface area contributed by atoms with Crippen molar-refractivity contribution in [2.24, 2.45) is 0 Å². The second-order valence-electron chi connectivity index (χ2n) is 5.97. The number of carbonyl (C=O) groups excluding carboxylic acids is 1. The van der Waals surface area contributed by atoms with Crippen molar-refractivity contribution in [3.05, 3.63) is 48.7 Å². The predicted octanol–water partition coefficient (Wildman–Crippen LogP) is 2.54. The first-order chi connectivity index (χ1) is 13.3. The maximum atomic E-state index is 12.5. The van der Waals surface area contributed by atoms with Crippen LogP contribution in [-0.2, 0) is 14.8 Å². The number of carbonyl (C=O) groups is 1. The lowest BCUT2D eigenvalue weighted by molar-refractivity contribution is -0.121. The first-order valence-electron chi connectivity index (χ1n) is 8.86. The summed E-state index contributed by atoms with van der Waals surface area (Å²) in [4.78, 5) is 16.7. The van der Waals surface area contributed by atoms with Gasteiger partial charge < -0.3 is 10.1 Å². The van der Waals surface area contributed by atoms with Crippen LogP contribution in [0.3, 0.4) is 0 Å². The molecule has 0 radical (unpaired) electrons. The van der Waals surface area contributed by atoms with Crippen LogP contribution < -0.4 is 14.4 Å². The molecule has 9 heteroatoms. The predicted molar refractivity (Wildman–Crippen MR) is 112 cm³/mol. The molecule has 0 spiro atoms. The molecule has 7 nitrogen and oxygen atoms in total. The van der Waals surface area contributed by atoms with Crippen molar-refractivity contribution >= 4 is 33.4 Å². The maximum absolute atomic E-state index is 12.5. The molecule has 1 atom stereocenters. The first-order valence-corrected chi connectivity index (χ1v) is 11.7. The molecular formula is C19H25N3O4S2. The summed E-state index contributed by atoms with van der Waals surface area (Å²) < 4.78 is 31.1. The number of nitrogens with one attached hydrogen (secondary N) is 1. The van der Waals surface area contributed by atoms with Crippen LogP contribution in [0.1, 0.15) is 13.8 Å². The van der Waals surface area contributed by atoms with Gasteiger partial charge in [-0.15, -0.1) is 11.8 Å². The Morgan fingerprint density at radius 2 is 1.96 bits per heavy atom. The molecule has 1 aromatic heterocycles. The van der Waals surface area contributed by atoms with Crippen LogP contribution >= 0.6 is 11.8 Å². The molecule has 1 heterocycles. The summed E-state index contributed by atoms with van der Waals surface area (Å²) in [6.45, 7) is 4.36. The number of amides is 1. The zero-order valence-corrected chi connectivity index (χ0v) is 17.8. The largest absolute Gasteiger partial charge is 0.494 e. The Hall–Kier alpha value is -2.26. The van der Waals surface area contributed by atoms with Gasteiger partial charge >= 0.3 is 0 Å². The number of rotatable bonds is 10. The molecule has 2 aromatic rings. The minimum Gasteiger partial charge on any atom is -0.494 e. The van der Waals surface area contributed by atoms with E-state index in [-0.39, 0.29) is 5.91 Å². The number of benzene rings is 1. The fourth-order valence-electron chi connectivity index (χ4n) is 2.57. The molecular weight excluding hydrogens is 398 g/mol. The highest BCUT2D eigenvalue weighted by Gasteiger charge is 2.28. The Morgan fingerprint density at radius 1 is 1.25 bits per heavy atom. The summed E-state index contributed by atoms with van der Waals surface area (Å²) >= 11 is 1.52. The van der Waals surface area contributed by atoms with Crippen molar-refractivity contribution in [3.63, 3.8) is 0 Å². The summed E-state index contributed by atoms with van der Waals surface area (Å²) in [6, 6.07) is 11.4. The number of nitrogens with zero attached hydrogens (tertiary/aromatic N) is 2. The zero-order valence-electron chi connectivity index (χ0n) is 16.2. The lowest BCUT2D eigenvalue weighted by atomic mass is 10.2. The van der Waals surface area contributed by atoms with Crippen LogP contribution in [0.5, 0.6) is 5.75 Å². The van der Waals surface area contributed by atoms with Gasteiger partial charge in [-0.3, -0.25) is 9.10 Å². The highest BCUT2D eigenvalue weighted by molar-refractivity contribution is 7.99. The normalized spacial score (nSPS) is 12.2. The second-order valence-corrected chi connectivity index (χ2v) is 8.94. The van der Waals surface area contributed by atoms with E-state index in [9.17, 15) is 13.2 Å². The molecule has 1 amide bonds. The highest BCUT2D eigenvalue weighted by atomic mass is 32.2. The third kappa shape index (κ3) is 6.42. The molecule has 152 valence electrons. The minimum atomic E-state index is -3.64. The number of thioether (sulfide) groups is 1. The van der Waals surface area contributed by atoms with Gasteiger partial charge in [-0.1, -0.05) is 6.07 Å².